The fraction of sp³-hybridized carbons (Fsp3) is 0.212. The van der Waals surface area contributed by atoms with Crippen LogP contribution >= 0.6 is 0 Å². The van der Waals surface area contributed by atoms with Crippen LogP contribution in [-0.4, -0.2) is 28.4 Å². The second kappa shape index (κ2) is 16.0. The van der Waals surface area contributed by atoms with Crippen LogP contribution in [0.3, 0.4) is 0 Å². The highest BCUT2D eigenvalue weighted by Crippen LogP contribution is 2.54. The van der Waals surface area contributed by atoms with Crippen molar-refractivity contribution in [3.63, 3.8) is 0 Å². The van der Waals surface area contributed by atoms with Crippen molar-refractivity contribution in [2.24, 2.45) is 0 Å². The predicted octanol–water partition coefficient (Wildman–Crippen LogP) is 17.8. The molecule has 0 saturated heterocycles. The summed E-state index contributed by atoms with van der Waals surface area (Å²) in [4.78, 5) is 0. The molecule has 0 saturated carbocycles. The van der Waals surface area contributed by atoms with Gasteiger partial charge in [-0.1, -0.05) is 108 Å². The molecule has 70 heavy (non-hydrogen) atoms. The van der Waals surface area contributed by atoms with Gasteiger partial charge in [0, 0.05) is 5.92 Å². The number of hydrogen-bond donors (Lipinski definition) is 0. The van der Waals surface area contributed by atoms with Gasteiger partial charge in [-0.25, -0.2) is 0 Å². The molecule has 1 aliphatic rings. The average molecular weight is 915 g/mol. The van der Waals surface area contributed by atoms with Crippen LogP contribution in [0.2, 0.25) is 0 Å². The van der Waals surface area contributed by atoms with Gasteiger partial charge in [0.2, 0.25) is 0 Å². The maximum atomic E-state index is 5.82. The molecule has 1 aliphatic carbocycles. The highest BCUT2D eigenvalue weighted by atomic mass is 16.5. The second-order valence-corrected chi connectivity index (χ2v) is 21.5. The Morgan fingerprint density at radius 3 is 1.19 bits per heavy atom. The molecule has 0 aromatic heterocycles. The quantitative estimate of drug-likeness (QED) is 0.112. The Morgan fingerprint density at radius 1 is 0.386 bits per heavy atom. The zero-order valence-electron chi connectivity index (χ0n) is 41.9. The molecule has 1 unspecified atom stereocenters. The minimum absolute atomic E-state index is 0.0627. The molecule has 11 aromatic rings. The second-order valence-electron chi connectivity index (χ2n) is 21.5. The van der Waals surface area contributed by atoms with E-state index in [1.165, 1.54) is 109 Å². The summed E-state index contributed by atoms with van der Waals surface area (Å²) < 4.78 is 23.0. The number of ether oxygens (including phenoxy) is 4. The molecule has 0 heterocycles. The first-order valence-electron chi connectivity index (χ1n) is 24.5. The van der Waals surface area contributed by atoms with E-state index in [2.05, 4.69) is 193 Å². The third-order valence-electron chi connectivity index (χ3n) is 15.3. The Bertz CT molecular complexity index is 3910. The molecule has 346 valence electrons. The lowest BCUT2D eigenvalue weighted by molar-refractivity contribution is 0.303. The van der Waals surface area contributed by atoms with Gasteiger partial charge in [0.1, 0.15) is 23.0 Å². The molecular formula is C66H58O4. The molecule has 4 nitrogen and oxygen atoms in total. The van der Waals surface area contributed by atoms with Gasteiger partial charge in [-0.15, -0.1) is 0 Å². The number of fused-ring (bicyclic) bond motifs is 3. The van der Waals surface area contributed by atoms with E-state index in [1.54, 1.807) is 28.4 Å². The summed E-state index contributed by atoms with van der Waals surface area (Å²) in [6, 6.07) is 50.7. The lowest BCUT2D eigenvalue weighted by atomic mass is 9.76. The van der Waals surface area contributed by atoms with Crippen LogP contribution in [0.15, 0.2) is 157 Å². The fourth-order valence-electron chi connectivity index (χ4n) is 11.6. The number of benzene rings is 11. The average Bonchev–Trinajstić information content (AvgIpc) is 3.37. The van der Waals surface area contributed by atoms with E-state index in [-0.39, 0.29) is 16.7 Å². The summed E-state index contributed by atoms with van der Waals surface area (Å²) in [6.45, 7) is 13.9. The Balaban J connectivity index is 1.37. The Kier molecular flexibility index (Phi) is 9.99. The lowest BCUT2D eigenvalue weighted by Gasteiger charge is -2.28. The topological polar surface area (TPSA) is 36.9 Å². The molecule has 0 N–H and O–H groups in total. The molecule has 11 aromatic carbocycles. The van der Waals surface area contributed by atoms with Crippen molar-refractivity contribution in [2.45, 2.75) is 64.7 Å². The van der Waals surface area contributed by atoms with Gasteiger partial charge in [-0.3, -0.25) is 0 Å². The van der Waals surface area contributed by atoms with E-state index < -0.39 is 0 Å². The van der Waals surface area contributed by atoms with Crippen molar-refractivity contribution in [3.8, 4) is 50.6 Å². The van der Waals surface area contributed by atoms with Crippen molar-refractivity contribution >= 4 is 75.4 Å². The highest BCUT2D eigenvalue weighted by Gasteiger charge is 2.29. The third kappa shape index (κ3) is 6.86. The monoisotopic (exact) mass is 914 g/mol. The Hall–Kier alpha value is -7.56. The van der Waals surface area contributed by atoms with Crippen LogP contribution in [0.4, 0.5) is 0 Å². The molecule has 0 spiro atoms. The molecule has 0 aliphatic heterocycles. The van der Waals surface area contributed by atoms with Crippen LogP contribution in [0.25, 0.3) is 109 Å². The SMILES string of the molecule is COC1=CCC(c2cc3cc(C(C)(C)C)cc4cc(-c5ccc(OC)cc5)c5cc6cc7c(-c8ccc(OC)cc8)cc8cc(C(C)(C)C)cc9cc(-c%10ccc(OC)cc%10)c(c6c2c5c43)c7c89)C=C1. The standard InChI is InChI=1S/C66H58O4/c1-65(2,3)46-27-41-31-52(37-11-19-48(67-7)20-12-37)56-35-45-36-57-53(38-13-21-49(68-8)22-14-38)32-42-28-47(66(4,5)6)30-44-34-55(40-17-25-51(70-10)26-18-40)62(64(57)59(42)44)60(45)61-54(33-43(29-46)58(41)63(56)61)39-15-23-50(69-9)24-16-39/h11-17,19-36,40H,18H2,1-10H3. The van der Waals surface area contributed by atoms with Crippen LogP contribution < -0.4 is 14.2 Å². The molecule has 4 heteroatoms. The van der Waals surface area contributed by atoms with Crippen molar-refractivity contribution in [1.82, 2.24) is 0 Å². The van der Waals surface area contributed by atoms with Crippen LogP contribution in [-0.2, 0) is 15.6 Å². The van der Waals surface area contributed by atoms with Gasteiger partial charge < -0.3 is 18.9 Å². The first-order chi connectivity index (χ1) is 33.7. The normalized spacial score (nSPS) is 14.5. The zero-order chi connectivity index (χ0) is 48.4. The van der Waals surface area contributed by atoms with Gasteiger partial charge >= 0.3 is 0 Å². The molecular weight excluding hydrogens is 857 g/mol. The molecule has 0 amide bonds. The minimum atomic E-state index is -0.0711. The molecule has 1 atom stereocenters. The fourth-order valence-corrected chi connectivity index (χ4v) is 11.6. The summed E-state index contributed by atoms with van der Waals surface area (Å²) >= 11 is 0. The van der Waals surface area contributed by atoms with Gasteiger partial charge in [0.05, 0.1) is 28.4 Å². The van der Waals surface area contributed by atoms with Crippen molar-refractivity contribution < 1.29 is 18.9 Å². The molecule has 12 rings (SSSR count). The maximum absolute atomic E-state index is 5.82. The molecule has 0 fully saturated rings. The van der Waals surface area contributed by atoms with E-state index in [1.807, 2.05) is 0 Å². The number of hydrogen-bond acceptors (Lipinski definition) is 4. The molecule has 0 radical (unpaired) electrons. The van der Waals surface area contributed by atoms with Crippen molar-refractivity contribution in [2.75, 3.05) is 28.4 Å². The first kappa shape index (κ1) is 43.7. The summed E-state index contributed by atoms with van der Waals surface area (Å²) in [7, 11) is 6.98. The predicted molar refractivity (Wildman–Crippen MR) is 296 cm³/mol. The van der Waals surface area contributed by atoms with Crippen LogP contribution in [0.1, 0.15) is 70.6 Å². The van der Waals surface area contributed by atoms with Crippen molar-refractivity contribution in [1.29, 1.82) is 0 Å². The van der Waals surface area contributed by atoms with Crippen LogP contribution in [0, 0.1) is 0 Å². The van der Waals surface area contributed by atoms with Crippen molar-refractivity contribution in [3.05, 3.63) is 174 Å². The largest absolute Gasteiger partial charge is 0.497 e. The van der Waals surface area contributed by atoms with Gasteiger partial charge in [-0.2, -0.15) is 0 Å². The van der Waals surface area contributed by atoms with Crippen LogP contribution in [0.5, 0.6) is 17.2 Å². The van der Waals surface area contributed by atoms with E-state index >= 15 is 0 Å². The highest BCUT2D eigenvalue weighted by molar-refractivity contribution is 6.42. The smallest absolute Gasteiger partial charge is 0.118 e. The van der Waals surface area contributed by atoms with E-state index in [9.17, 15) is 0 Å². The molecule has 0 bridgehead atoms. The summed E-state index contributed by atoms with van der Waals surface area (Å²) in [5.41, 5.74) is 10.9. The number of allylic oxidation sites excluding steroid dienone is 3. The Labute approximate surface area is 410 Å². The van der Waals surface area contributed by atoms with Gasteiger partial charge in [-0.05, 0) is 228 Å². The van der Waals surface area contributed by atoms with E-state index in [0.717, 1.165) is 46.1 Å². The summed E-state index contributed by atoms with van der Waals surface area (Å²) in [5, 5.41) is 17.7. The zero-order valence-corrected chi connectivity index (χ0v) is 41.9. The van der Waals surface area contributed by atoms with E-state index in [0.29, 0.717) is 0 Å². The minimum Gasteiger partial charge on any atom is -0.497 e. The van der Waals surface area contributed by atoms with E-state index in [4.69, 9.17) is 18.9 Å². The number of rotatable bonds is 8. The van der Waals surface area contributed by atoms with Gasteiger partial charge in [0.15, 0.2) is 0 Å². The lowest BCUT2D eigenvalue weighted by Crippen LogP contribution is -2.11. The number of methoxy groups -OCH3 is 4. The van der Waals surface area contributed by atoms with Gasteiger partial charge in [0.25, 0.3) is 0 Å². The maximum Gasteiger partial charge on any atom is 0.118 e. The first-order valence-corrected chi connectivity index (χ1v) is 24.5. The Morgan fingerprint density at radius 2 is 0.786 bits per heavy atom. The third-order valence-corrected chi connectivity index (χ3v) is 15.3. The summed E-state index contributed by atoms with van der Waals surface area (Å²) in [5.74, 6) is 3.52. The summed E-state index contributed by atoms with van der Waals surface area (Å²) in [6.07, 6.45) is 7.62.